The maximum absolute atomic E-state index is 12.6. The van der Waals surface area contributed by atoms with Crippen LogP contribution in [0.15, 0.2) is 6.07 Å². The summed E-state index contributed by atoms with van der Waals surface area (Å²) in [6.07, 6.45) is 0. The minimum atomic E-state index is -0.105. The van der Waals surface area contributed by atoms with Crippen LogP contribution in [0.2, 0.25) is 0 Å². The molecular weight excluding hydrogens is 294 g/mol. The second kappa shape index (κ2) is 7.39. The van der Waals surface area contributed by atoms with Crippen LogP contribution in [0.1, 0.15) is 37.1 Å². The average molecular weight is 319 g/mol. The van der Waals surface area contributed by atoms with Gasteiger partial charge in [0.15, 0.2) is 0 Å². The Bertz CT molecular complexity index is 580. The van der Waals surface area contributed by atoms with E-state index < -0.39 is 0 Å². The van der Waals surface area contributed by atoms with Crippen molar-refractivity contribution in [2.24, 2.45) is 5.92 Å². The molecular formula is C16H25N5O2. The summed E-state index contributed by atoms with van der Waals surface area (Å²) in [6, 6.07) is 1.70. The maximum atomic E-state index is 12.6. The third-order valence-corrected chi connectivity index (χ3v) is 3.76. The highest BCUT2D eigenvalue weighted by molar-refractivity contribution is 5.93. The second-order valence-electron chi connectivity index (χ2n) is 6.26. The molecule has 1 aromatic heterocycles. The lowest BCUT2D eigenvalue weighted by Crippen LogP contribution is -2.50. The highest BCUT2D eigenvalue weighted by Gasteiger charge is 2.24. The first kappa shape index (κ1) is 17.2. The molecule has 0 radical (unpaired) electrons. The Kier molecular flexibility index (Phi) is 5.52. The van der Waals surface area contributed by atoms with Gasteiger partial charge in [-0.3, -0.25) is 9.59 Å². The summed E-state index contributed by atoms with van der Waals surface area (Å²) in [5.74, 6) is 1.69. The molecule has 0 saturated carbocycles. The van der Waals surface area contributed by atoms with Gasteiger partial charge in [0.25, 0.3) is 5.91 Å². The van der Waals surface area contributed by atoms with Crippen molar-refractivity contribution in [2.75, 3.05) is 38.0 Å². The molecule has 0 aliphatic carbocycles. The lowest BCUT2D eigenvalue weighted by atomic mass is 10.2. The number of anilines is 1. The topological polar surface area (TPSA) is 78.4 Å². The fourth-order valence-corrected chi connectivity index (χ4v) is 2.46. The van der Waals surface area contributed by atoms with Crippen molar-refractivity contribution in [3.63, 3.8) is 0 Å². The van der Waals surface area contributed by atoms with E-state index in [4.69, 9.17) is 0 Å². The van der Waals surface area contributed by atoms with Crippen LogP contribution in [-0.2, 0) is 4.79 Å². The number of amides is 2. The van der Waals surface area contributed by atoms with E-state index in [-0.39, 0.29) is 11.8 Å². The van der Waals surface area contributed by atoms with Crippen LogP contribution in [0.5, 0.6) is 0 Å². The normalized spacial score (nSPS) is 15.0. The Morgan fingerprint density at radius 3 is 2.35 bits per heavy atom. The van der Waals surface area contributed by atoms with Crippen molar-refractivity contribution < 1.29 is 9.59 Å². The van der Waals surface area contributed by atoms with E-state index in [1.54, 1.807) is 29.7 Å². The lowest BCUT2D eigenvalue weighted by Gasteiger charge is -2.34. The van der Waals surface area contributed by atoms with E-state index in [2.05, 4.69) is 29.1 Å². The third-order valence-electron chi connectivity index (χ3n) is 3.76. The molecule has 2 rings (SSSR count). The highest BCUT2D eigenvalue weighted by Crippen LogP contribution is 2.12. The molecule has 2 amide bonds. The molecule has 2 heterocycles. The van der Waals surface area contributed by atoms with Gasteiger partial charge >= 0.3 is 0 Å². The van der Waals surface area contributed by atoms with E-state index in [9.17, 15) is 9.59 Å². The first-order valence-corrected chi connectivity index (χ1v) is 8.01. The van der Waals surface area contributed by atoms with Gasteiger partial charge in [-0.25, -0.2) is 9.97 Å². The molecule has 126 valence electrons. The van der Waals surface area contributed by atoms with E-state index in [1.807, 2.05) is 0 Å². The van der Waals surface area contributed by atoms with Crippen molar-refractivity contribution in [3.05, 3.63) is 17.6 Å². The Morgan fingerprint density at radius 1 is 1.17 bits per heavy atom. The van der Waals surface area contributed by atoms with Crippen LogP contribution in [-0.4, -0.2) is 64.3 Å². The number of nitrogens with one attached hydrogen (secondary N) is 1. The summed E-state index contributed by atoms with van der Waals surface area (Å²) in [5.41, 5.74) is 0.403. The van der Waals surface area contributed by atoms with Crippen LogP contribution < -0.4 is 5.32 Å². The second-order valence-corrected chi connectivity index (χ2v) is 6.26. The minimum absolute atomic E-state index is 0.0511. The molecule has 0 spiro atoms. The van der Waals surface area contributed by atoms with Crippen molar-refractivity contribution in [2.45, 2.75) is 27.7 Å². The van der Waals surface area contributed by atoms with Crippen molar-refractivity contribution in [1.82, 2.24) is 19.8 Å². The molecule has 0 bridgehead atoms. The van der Waals surface area contributed by atoms with Gasteiger partial charge in [-0.2, -0.15) is 0 Å². The number of hydrogen-bond donors (Lipinski definition) is 1. The zero-order valence-corrected chi connectivity index (χ0v) is 14.3. The summed E-state index contributed by atoms with van der Waals surface area (Å²) < 4.78 is 0. The molecule has 0 unspecified atom stereocenters. The summed E-state index contributed by atoms with van der Waals surface area (Å²) in [5, 5.41) is 3.23. The van der Waals surface area contributed by atoms with Crippen LogP contribution >= 0.6 is 0 Å². The lowest BCUT2D eigenvalue weighted by molar-refractivity contribution is -0.130. The number of hydrogen-bond acceptors (Lipinski definition) is 5. The molecule has 1 saturated heterocycles. The molecule has 0 atom stereocenters. The number of aromatic nitrogens is 2. The molecule has 7 nitrogen and oxygen atoms in total. The predicted octanol–water partition coefficient (Wildman–Crippen LogP) is 1.16. The fourth-order valence-electron chi connectivity index (χ4n) is 2.46. The van der Waals surface area contributed by atoms with Gasteiger partial charge in [-0.05, 0) is 12.8 Å². The number of rotatable bonds is 4. The van der Waals surface area contributed by atoms with Gasteiger partial charge in [0.2, 0.25) is 5.91 Å². The summed E-state index contributed by atoms with van der Waals surface area (Å²) in [6.45, 7) is 10.6. The number of carbonyl (C=O) groups is 2. The predicted molar refractivity (Wildman–Crippen MR) is 88.3 cm³/mol. The number of carbonyl (C=O) groups excluding carboxylic acids is 2. The summed E-state index contributed by atoms with van der Waals surface area (Å²) >= 11 is 0. The summed E-state index contributed by atoms with van der Waals surface area (Å²) in [4.78, 5) is 36.1. The SMILES string of the molecule is CC(=O)N1CCN(C(=O)c2cc(NCC(C)C)nc(C)n2)CC1. The van der Waals surface area contributed by atoms with Gasteiger partial charge < -0.3 is 15.1 Å². The maximum Gasteiger partial charge on any atom is 0.272 e. The zero-order chi connectivity index (χ0) is 17.0. The molecule has 1 N–H and O–H groups in total. The Morgan fingerprint density at radius 2 is 1.78 bits per heavy atom. The standard InChI is InChI=1S/C16H25N5O2/c1-11(2)10-17-15-9-14(18-12(3)19-15)16(23)21-7-5-20(6-8-21)13(4)22/h9,11H,5-8,10H2,1-4H3,(H,17,18,19). The Balaban J connectivity index is 2.06. The van der Waals surface area contributed by atoms with Crippen molar-refractivity contribution in [3.8, 4) is 0 Å². The molecule has 7 heteroatoms. The first-order valence-electron chi connectivity index (χ1n) is 8.01. The number of aryl methyl sites for hydroxylation is 1. The quantitative estimate of drug-likeness (QED) is 0.901. The summed E-state index contributed by atoms with van der Waals surface area (Å²) in [7, 11) is 0. The van der Waals surface area contributed by atoms with E-state index in [0.717, 1.165) is 6.54 Å². The van der Waals surface area contributed by atoms with E-state index in [1.165, 1.54) is 0 Å². The van der Waals surface area contributed by atoms with Crippen LogP contribution in [0, 0.1) is 12.8 Å². The molecule has 1 aromatic rings. The van der Waals surface area contributed by atoms with Gasteiger partial charge in [0, 0.05) is 45.7 Å². The number of piperazine rings is 1. The monoisotopic (exact) mass is 319 g/mol. The van der Waals surface area contributed by atoms with E-state index >= 15 is 0 Å². The van der Waals surface area contributed by atoms with E-state index in [0.29, 0.717) is 49.4 Å². The first-order chi connectivity index (χ1) is 10.9. The van der Waals surface area contributed by atoms with Crippen LogP contribution in [0.3, 0.4) is 0 Å². The molecule has 23 heavy (non-hydrogen) atoms. The van der Waals surface area contributed by atoms with Crippen LogP contribution in [0.4, 0.5) is 5.82 Å². The smallest absolute Gasteiger partial charge is 0.272 e. The largest absolute Gasteiger partial charge is 0.370 e. The van der Waals surface area contributed by atoms with Gasteiger partial charge in [0.1, 0.15) is 17.3 Å². The van der Waals surface area contributed by atoms with Gasteiger partial charge in [0.05, 0.1) is 0 Å². The van der Waals surface area contributed by atoms with Gasteiger partial charge in [-0.1, -0.05) is 13.8 Å². The molecule has 1 aliphatic rings. The molecule has 1 fully saturated rings. The molecule has 0 aromatic carbocycles. The Hall–Kier alpha value is -2.18. The highest BCUT2D eigenvalue weighted by atomic mass is 16.2. The zero-order valence-electron chi connectivity index (χ0n) is 14.3. The third kappa shape index (κ3) is 4.64. The number of nitrogens with zero attached hydrogens (tertiary/aromatic N) is 4. The fraction of sp³-hybridized carbons (Fsp3) is 0.625. The van der Waals surface area contributed by atoms with Crippen molar-refractivity contribution in [1.29, 1.82) is 0 Å². The minimum Gasteiger partial charge on any atom is -0.370 e. The average Bonchev–Trinajstić information content (AvgIpc) is 2.51. The molecule has 1 aliphatic heterocycles. The van der Waals surface area contributed by atoms with Crippen LogP contribution in [0.25, 0.3) is 0 Å². The van der Waals surface area contributed by atoms with Crippen molar-refractivity contribution >= 4 is 17.6 Å². The van der Waals surface area contributed by atoms with Gasteiger partial charge in [-0.15, -0.1) is 0 Å². The Labute approximate surface area is 137 Å².